The molecule has 0 unspecified atom stereocenters. The Bertz CT molecular complexity index is 891. The molecule has 0 aromatic carbocycles. The van der Waals surface area contributed by atoms with Gasteiger partial charge in [-0.1, -0.05) is 0 Å². The number of nitrogens with one attached hydrogen (secondary N) is 1. The zero-order chi connectivity index (χ0) is 19.4. The van der Waals surface area contributed by atoms with E-state index in [4.69, 9.17) is 0 Å². The van der Waals surface area contributed by atoms with E-state index in [1.165, 1.54) is 0 Å². The molecule has 9 heteroatoms. The lowest BCUT2D eigenvalue weighted by Gasteiger charge is -2.41. The number of alkyl halides is 3. The fourth-order valence-corrected chi connectivity index (χ4v) is 3.88. The van der Waals surface area contributed by atoms with Gasteiger partial charge in [-0.05, 0) is 50.7 Å². The molecule has 27 heavy (non-hydrogen) atoms. The third kappa shape index (κ3) is 3.31. The van der Waals surface area contributed by atoms with Gasteiger partial charge in [0.2, 0.25) is 0 Å². The number of hydrogen-bond acceptors (Lipinski definition) is 6. The van der Waals surface area contributed by atoms with Crippen LogP contribution in [0.1, 0.15) is 42.9 Å². The molecule has 0 radical (unpaired) electrons. The molecule has 2 aromatic heterocycles. The van der Waals surface area contributed by atoms with E-state index in [9.17, 15) is 23.4 Å². The molecular formula is C18H19F3N4O2. The number of anilines is 1. The van der Waals surface area contributed by atoms with Crippen LogP contribution in [0.25, 0.3) is 11.4 Å². The lowest BCUT2D eigenvalue weighted by molar-refractivity contribution is -0.137. The number of halogens is 3. The number of aromatic hydroxyl groups is 1. The number of nitrogens with zero attached hydrogens (tertiary/aromatic N) is 3. The number of pyridine rings is 1. The molecule has 2 heterocycles. The summed E-state index contributed by atoms with van der Waals surface area (Å²) in [4.78, 5) is 3.80. The third-order valence-corrected chi connectivity index (χ3v) is 5.17. The van der Waals surface area contributed by atoms with Crippen LogP contribution in [0.3, 0.4) is 0 Å². The predicted octanol–water partition coefficient (Wildman–Crippen LogP) is 3.08. The second-order valence-corrected chi connectivity index (χ2v) is 7.54. The number of hydrogen-bond donors (Lipinski definition) is 3. The van der Waals surface area contributed by atoms with Crippen molar-refractivity contribution in [1.82, 2.24) is 15.2 Å². The van der Waals surface area contributed by atoms with E-state index in [0.717, 1.165) is 24.0 Å². The van der Waals surface area contributed by atoms with Crippen LogP contribution in [-0.4, -0.2) is 37.0 Å². The molecule has 6 nitrogen and oxygen atoms in total. The van der Waals surface area contributed by atoms with E-state index in [1.54, 1.807) is 6.92 Å². The van der Waals surface area contributed by atoms with Gasteiger partial charge in [-0.2, -0.15) is 13.2 Å². The Balaban J connectivity index is 1.66. The van der Waals surface area contributed by atoms with E-state index in [-0.39, 0.29) is 11.7 Å². The summed E-state index contributed by atoms with van der Waals surface area (Å²) in [5, 5.41) is 31.6. The molecule has 0 aliphatic heterocycles. The highest BCUT2D eigenvalue weighted by molar-refractivity contribution is 5.70. The van der Waals surface area contributed by atoms with Gasteiger partial charge in [0.1, 0.15) is 17.1 Å². The maximum absolute atomic E-state index is 12.8. The smallest absolute Gasteiger partial charge is 0.418 e. The van der Waals surface area contributed by atoms with E-state index >= 15 is 0 Å². The van der Waals surface area contributed by atoms with Gasteiger partial charge in [-0.25, -0.2) is 4.98 Å². The van der Waals surface area contributed by atoms with Gasteiger partial charge in [0.15, 0.2) is 5.82 Å². The highest BCUT2D eigenvalue weighted by atomic mass is 19.4. The maximum Gasteiger partial charge on any atom is 0.418 e. The van der Waals surface area contributed by atoms with E-state index in [1.807, 2.05) is 0 Å². The van der Waals surface area contributed by atoms with Gasteiger partial charge in [0, 0.05) is 17.8 Å². The van der Waals surface area contributed by atoms with E-state index < -0.39 is 23.1 Å². The van der Waals surface area contributed by atoms with Crippen LogP contribution in [0.4, 0.5) is 19.0 Å². The summed E-state index contributed by atoms with van der Waals surface area (Å²) >= 11 is 0. The topological polar surface area (TPSA) is 91.2 Å². The van der Waals surface area contributed by atoms with Crippen LogP contribution in [0.15, 0.2) is 12.3 Å². The fraction of sp³-hybridized carbons (Fsp3) is 0.500. The molecule has 0 saturated heterocycles. The zero-order valence-corrected chi connectivity index (χ0v) is 14.6. The Labute approximate surface area is 153 Å². The maximum atomic E-state index is 12.8. The van der Waals surface area contributed by atoms with Crippen LogP contribution in [0, 0.1) is 0 Å². The number of aromatic nitrogens is 3. The first-order valence-electron chi connectivity index (χ1n) is 8.78. The molecule has 1 saturated carbocycles. The highest BCUT2D eigenvalue weighted by Crippen LogP contribution is 2.40. The molecule has 1 fully saturated rings. The fourth-order valence-electron chi connectivity index (χ4n) is 3.88. The molecule has 144 valence electrons. The molecule has 0 spiro atoms. The number of aliphatic hydroxyl groups is 1. The zero-order valence-electron chi connectivity index (χ0n) is 14.6. The van der Waals surface area contributed by atoms with Gasteiger partial charge in [-0.15, -0.1) is 10.2 Å². The first-order valence-corrected chi connectivity index (χ1v) is 8.78. The Kier molecular flexibility index (Phi) is 4.03. The Morgan fingerprint density at radius 2 is 1.85 bits per heavy atom. The molecular weight excluding hydrogens is 361 g/mol. The van der Waals surface area contributed by atoms with Crippen molar-refractivity contribution in [2.45, 2.75) is 56.8 Å². The summed E-state index contributed by atoms with van der Waals surface area (Å²) in [6.45, 7) is 1.78. The lowest BCUT2D eigenvalue weighted by atomic mass is 9.77. The SMILES string of the molecule is C[C@]1(O)C[C@@H](Nc2nnc(-c3ncc(C(F)(F)F)cc3O)c3c2CCC3)C1. The largest absolute Gasteiger partial charge is 0.506 e. The van der Waals surface area contributed by atoms with Crippen molar-refractivity contribution < 1.29 is 23.4 Å². The molecule has 2 aliphatic carbocycles. The van der Waals surface area contributed by atoms with Crippen molar-refractivity contribution in [2.24, 2.45) is 0 Å². The number of fused-ring (bicyclic) bond motifs is 1. The monoisotopic (exact) mass is 380 g/mol. The Hall–Kier alpha value is -2.42. The van der Waals surface area contributed by atoms with Crippen LogP contribution in [0.5, 0.6) is 5.75 Å². The summed E-state index contributed by atoms with van der Waals surface area (Å²) in [7, 11) is 0. The second-order valence-electron chi connectivity index (χ2n) is 7.54. The normalized spacial score (nSPS) is 24.4. The van der Waals surface area contributed by atoms with Crippen LogP contribution < -0.4 is 5.32 Å². The standard InChI is InChI=1S/C18H19F3N4O2/c1-17(27)6-10(7-17)23-16-12-4-2-3-11(12)14(24-25-16)15-13(26)5-9(8-22-15)18(19,20)21/h5,8,10,26-27H,2-4,6-7H2,1H3,(H,23,25)/t10-,17+. The lowest BCUT2D eigenvalue weighted by Crippen LogP contribution is -2.48. The van der Waals surface area contributed by atoms with Gasteiger partial charge < -0.3 is 15.5 Å². The quantitative estimate of drug-likeness (QED) is 0.758. The van der Waals surface area contributed by atoms with Gasteiger partial charge >= 0.3 is 6.18 Å². The van der Waals surface area contributed by atoms with E-state index in [0.29, 0.717) is 43.0 Å². The summed E-state index contributed by atoms with van der Waals surface area (Å²) in [5.74, 6) is 0.0714. The summed E-state index contributed by atoms with van der Waals surface area (Å²) in [6, 6.07) is 0.774. The minimum absolute atomic E-state index is 0.00628. The molecule has 4 rings (SSSR count). The van der Waals surface area contributed by atoms with Crippen molar-refractivity contribution in [1.29, 1.82) is 0 Å². The van der Waals surface area contributed by atoms with Crippen molar-refractivity contribution in [3.05, 3.63) is 29.0 Å². The van der Waals surface area contributed by atoms with E-state index in [2.05, 4.69) is 20.5 Å². The molecule has 3 N–H and O–H groups in total. The molecule has 2 aliphatic rings. The molecule has 0 atom stereocenters. The van der Waals surface area contributed by atoms with Gasteiger partial charge in [0.25, 0.3) is 0 Å². The summed E-state index contributed by atoms with van der Waals surface area (Å²) < 4.78 is 38.4. The minimum atomic E-state index is -4.58. The minimum Gasteiger partial charge on any atom is -0.506 e. The average molecular weight is 380 g/mol. The first kappa shape index (κ1) is 18.0. The van der Waals surface area contributed by atoms with Crippen molar-refractivity contribution in [3.63, 3.8) is 0 Å². The van der Waals surface area contributed by atoms with Crippen LogP contribution >= 0.6 is 0 Å². The van der Waals surface area contributed by atoms with Crippen molar-refractivity contribution in [2.75, 3.05) is 5.32 Å². The van der Waals surface area contributed by atoms with Crippen molar-refractivity contribution in [3.8, 4) is 17.1 Å². The van der Waals surface area contributed by atoms with Crippen molar-refractivity contribution >= 4 is 5.82 Å². The molecule has 0 bridgehead atoms. The highest BCUT2D eigenvalue weighted by Gasteiger charge is 2.39. The average Bonchev–Trinajstić information content (AvgIpc) is 3.03. The Morgan fingerprint density at radius 3 is 2.48 bits per heavy atom. The van der Waals surface area contributed by atoms with Crippen LogP contribution in [0.2, 0.25) is 0 Å². The van der Waals surface area contributed by atoms with Gasteiger partial charge in [0.05, 0.1) is 11.2 Å². The molecule has 2 aromatic rings. The molecule has 0 amide bonds. The predicted molar refractivity (Wildman–Crippen MR) is 91.2 cm³/mol. The summed E-state index contributed by atoms with van der Waals surface area (Å²) in [6.07, 6.45) is -0.313. The van der Waals surface area contributed by atoms with Gasteiger partial charge in [-0.3, -0.25) is 0 Å². The first-order chi connectivity index (χ1) is 12.6. The summed E-state index contributed by atoms with van der Waals surface area (Å²) in [5.41, 5.74) is 0.452. The second kappa shape index (κ2) is 6.05. The number of rotatable bonds is 3. The van der Waals surface area contributed by atoms with Crippen LogP contribution in [-0.2, 0) is 19.0 Å². The third-order valence-electron chi connectivity index (χ3n) is 5.17. The Morgan fingerprint density at radius 1 is 1.15 bits per heavy atom.